The van der Waals surface area contributed by atoms with Crippen LogP contribution in [0.1, 0.15) is 31.2 Å². The van der Waals surface area contributed by atoms with Crippen LogP contribution in [0.2, 0.25) is 0 Å². The lowest BCUT2D eigenvalue weighted by atomic mass is 10.1. The van der Waals surface area contributed by atoms with Crippen LogP contribution in [0.15, 0.2) is 42.7 Å². The molecule has 1 fully saturated rings. The van der Waals surface area contributed by atoms with Crippen molar-refractivity contribution in [3.05, 3.63) is 48.3 Å². The van der Waals surface area contributed by atoms with Crippen molar-refractivity contribution in [3.63, 3.8) is 0 Å². The minimum Gasteiger partial charge on any atom is -0.382 e. The molecule has 0 amide bonds. The van der Waals surface area contributed by atoms with Gasteiger partial charge in [0.2, 0.25) is 0 Å². The van der Waals surface area contributed by atoms with E-state index in [1.165, 1.54) is 31.2 Å². The van der Waals surface area contributed by atoms with Crippen molar-refractivity contribution < 1.29 is 0 Å². The standard InChI is InChI=1S/C16H21N3/c1-2-8-15(9-3-1)12-19-13-16(11-18-19)17-10-14-6-4-5-7-14/h1-3,8-9,11,13-14,17H,4-7,10,12H2. The SMILES string of the molecule is c1ccc(Cn2cc(NCC3CCCC3)cn2)cc1. The lowest BCUT2D eigenvalue weighted by Gasteiger charge is -2.09. The maximum atomic E-state index is 4.41. The van der Waals surface area contributed by atoms with Gasteiger partial charge in [0, 0.05) is 12.7 Å². The summed E-state index contributed by atoms with van der Waals surface area (Å²) in [6.07, 6.45) is 9.59. The summed E-state index contributed by atoms with van der Waals surface area (Å²) in [4.78, 5) is 0. The van der Waals surface area contributed by atoms with Crippen molar-refractivity contribution in [2.24, 2.45) is 5.92 Å². The normalized spacial score (nSPS) is 15.8. The van der Waals surface area contributed by atoms with Gasteiger partial charge in [-0.2, -0.15) is 5.10 Å². The molecule has 0 bridgehead atoms. The van der Waals surface area contributed by atoms with Crippen LogP contribution in [0.3, 0.4) is 0 Å². The monoisotopic (exact) mass is 255 g/mol. The molecule has 0 atom stereocenters. The Labute approximate surface area is 114 Å². The van der Waals surface area contributed by atoms with E-state index in [9.17, 15) is 0 Å². The molecule has 0 aliphatic heterocycles. The Hall–Kier alpha value is -1.77. The summed E-state index contributed by atoms with van der Waals surface area (Å²) in [5.74, 6) is 0.859. The zero-order valence-corrected chi connectivity index (χ0v) is 11.3. The summed E-state index contributed by atoms with van der Waals surface area (Å²) in [5.41, 5.74) is 2.43. The number of hydrogen-bond donors (Lipinski definition) is 1. The molecule has 1 aromatic heterocycles. The number of anilines is 1. The number of nitrogens with zero attached hydrogens (tertiary/aromatic N) is 2. The van der Waals surface area contributed by atoms with Gasteiger partial charge in [-0.15, -0.1) is 0 Å². The summed E-state index contributed by atoms with van der Waals surface area (Å²) >= 11 is 0. The van der Waals surface area contributed by atoms with E-state index in [-0.39, 0.29) is 0 Å². The maximum absolute atomic E-state index is 4.41. The highest BCUT2D eigenvalue weighted by atomic mass is 15.3. The Balaban J connectivity index is 1.54. The predicted molar refractivity (Wildman–Crippen MR) is 78.2 cm³/mol. The van der Waals surface area contributed by atoms with E-state index < -0.39 is 0 Å². The number of benzene rings is 1. The van der Waals surface area contributed by atoms with E-state index in [2.05, 4.69) is 40.9 Å². The Kier molecular flexibility index (Phi) is 3.82. The molecule has 19 heavy (non-hydrogen) atoms. The molecule has 1 saturated carbocycles. The fraction of sp³-hybridized carbons (Fsp3) is 0.438. The van der Waals surface area contributed by atoms with Crippen LogP contribution in [-0.4, -0.2) is 16.3 Å². The molecule has 1 aliphatic rings. The molecule has 2 aromatic rings. The first kappa shape index (κ1) is 12.3. The van der Waals surface area contributed by atoms with Gasteiger partial charge in [0.05, 0.1) is 18.4 Å². The number of aromatic nitrogens is 2. The third kappa shape index (κ3) is 3.37. The van der Waals surface area contributed by atoms with E-state index in [1.54, 1.807) is 0 Å². The fourth-order valence-corrected chi connectivity index (χ4v) is 2.79. The van der Waals surface area contributed by atoms with Crippen LogP contribution in [0.4, 0.5) is 5.69 Å². The van der Waals surface area contributed by atoms with Crippen molar-refractivity contribution in [2.45, 2.75) is 32.2 Å². The highest BCUT2D eigenvalue weighted by Gasteiger charge is 2.14. The quantitative estimate of drug-likeness (QED) is 0.885. The minimum absolute atomic E-state index is 0.839. The second-order valence-electron chi connectivity index (χ2n) is 5.44. The van der Waals surface area contributed by atoms with Gasteiger partial charge in [-0.3, -0.25) is 4.68 Å². The van der Waals surface area contributed by atoms with Gasteiger partial charge in [0.1, 0.15) is 0 Å². The third-order valence-corrected chi connectivity index (χ3v) is 3.89. The van der Waals surface area contributed by atoms with Crippen LogP contribution >= 0.6 is 0 Å². The predicted octanol–water partition coefficient (Wildman–Crippen LogP) is 3.53. The molecular weight excluding hydrogens is 234 g/mol. The first-order chi connectivity index (χ1) is 9.40. The van der Waals surface area contributed by atoms with Gasteiger partial charge in [-0.05, 0) is 24.3 Å². The fourth-order valence-electron chi connectivity index (χ4n) is 2.79. The smallest absolute Gasteiger partial charge is 0.0726 e. The minimum atomic E-state index is 0.839. The van der Waals surface area contributed by atoms with E-state index in [0.29, 0.717) is 0 Å². The molecule has 3 heteroatoms. The van der Waals surface area contributed by atoms with E-state index >= 15 is 0 Å². The Morgan fingerprint density at radius 2 is 1.95 bits per heavy atom. The molecular formula is C16H21N3. The largest absolute Gasteiger partial charge is 0.382 e. The molecule has 1 heterocycles. The first-order valence-electron chi connectivity index (χ1n) is 7.20. The highest BCUT2D eigenvalue weighted by Crippen LogP contribution is 2.24. The van der Waals surface area contributed by atoms with Crippen LogP contribution in [0, 0.1) is 5.92 Å². The maximum Gasteiger partial charge on any atom is 0.0726 e. The summed E-state index contributed by atoms with van der Waals surface area (Å²) in [6, 6.07) is 10.4. The van der Waals surface area contributed by atoms with Gasteiger partial charge in [0.25, 0.3) is 0 Å². The lowest BCUT2D eigenvalue weighted by molar-refractivity contribution is 0.580. The average molecular weight is 255 g/mol. The van der Waals surface area contributed by atoms with Crippen LogP contribution in [0.25, 0.3) is 0 Å². The average Bonchev–Trinajstić information content (AvgIpc) is 3.09. The van der Waals surface area contributed by atoms with Crippen molar-refractivity contribution in [2.75, 3.05) is 11.9 Å². The third-order valence-electron chi connectivity index (χ3n) is 3.89. The van der Waals surface area contributed by atoms with Gasteiger partial charge in [-0.25, -0.2) is 0 Å². The van der Waals surface area contributed by atoms with Crippen molar-refractivity contribution in [1.82, 2.24) is 9.78 Å². The molecule has 0 spiro atoms. The molecule has 1 aliphatic carbocycles. The topological polar surface area (TPSA) is 29.9 Å². The van der Waals surface area contributed by atoms with Crippen molar-refractivity contribution >= 4 is 5.69 Å². The van der Waals surface area contributed by atoms with E-state index in [0.717, 1.165) is 24.7 Å². The van der Waals surface area contributed by atoms with Gasteiger partial charge >= 0.3 is 0 Å². The molecule has 0 unspecified atom stereocenters. The summed E-state index contributed by atoms with van der Waals surface area (Å²) < 4.78 is 1.99. The molecule has 1 aromatic carbocycles. The highest BCUT2D eigenvalue weighted by molar-refractivity contribution is 5.38. The second kappa shape index (κ2) is 5.91. The zero-order chi connectivity index (χ0) is 12.9. The van der Waals surface area contributed by atoms with Crippen LogP contribution in [-0.2, 0) is 6.54 Å². The van der Waals surface area contributed by atoms with Gasteiger partial charge in [0.15, 0.2) is 0 Å². The van der Waals surface area contributed by atoms with Crippen molar-refractivity contribution in [1.29, 1.82) is 0 Å². The molecule has 3 rings (SSSR count). The second-order valence-corrected chi connectivity index (χ2v) is 5.44. The van der Waals surface area contributed by atoms with E-state index in [1.807, 2.05) is 16.9 Å². The summed E-state index contributed by atoms with van der Waals surface area (Å²) in [6.45, 7) is 1.93. The summed E-state index contributed by atoms with van der Waals surface area (Å²) in [5, 5.41) is 7.92. The summed E-state index contributed by atoms with van der Waals surface area (Å²) in [7, 11) is 0. The molecule has 100 valence electrons. The first-order valence-corrected chi connectivity index (χ1v) is 7.20. The molecule has 1 N–H and O–H groups in total. The van der Waals surface area contributed by atoms with Crippen LogP contribution < -0.4 is 5.32 Å². The number of rotatable bonds is 5. The lowest BCUT2D eigenvalue weighted by Crippen LogP contribution is -2.10. The van der Waals surface area contributed by atoms with Crippen LogP contribution in [0.5, 0.6) is 0 Å². The van der Waals surface area contributed by atoms with Crippen molar-refractivity contribution in [3.8, 4) is 0 Å². The zero-order valence-electron chi connectivity index (χ0n) is 11.3. The molecule has 3 nitrogen and oxygen atoms in total. The Bertz CT molecular complexity index is 498. The number of nitrogens with one attached hydrogen (secondary N) is 1. The molecule has 0 saturated heterocycles. The van der Waals surface area contributed by atoms with E-state index in [4.69, 9.17) is 0 Å². The molecule has 0 radical (unpaired) electrons. The Morgan fingerprint density at radius 1 is 1.16 bits per heavy atom. The van der Waals surface area contributed by atoms with Gasteiger partial charge < -0.3 is 5.32 Å². The Morgan fingerprint density at radius 3 is 2.74 bits per heavy atom. The van der Waals surface area contributed by atoms with Gasteiger partial charge in [-0.1, -0.05) is 43.2 Å². The number of hydrogen-bond acceptors (Lipinski definition) is 2.